The molecule has 7 nitrogen and oxygen atoms in total. The molecule has 1 saturated heterocycles. The number of likely N-dealkylation sites (tertiary alicyclic amines) is 1. The molecule has 0 aliphatic carbocycles. The van der Waals surface area contributed by atoms with Gasteiger partial charge in [0.1, 0.15) is 11.5 Å². The standard InChI is InChI=1S/C20H27F3N6O/c1-11(2)13-9-15(26-25-13)19(30)28-7-5-4-6-16(28)14-10-18-24-12(3)8-17(20(21,22)23)29(18)27-14/h9-12,16-17,24H,4-8H2,1-3H3,(H,25,26)/t12-,16?,17-/m1/s1. The highest BCUT2D eigenvalue weighted by Gasteiger charge is 2.46. The molecule has 2 aromatic rings. The van der Waals surface area contributed by atoms with Crippen LogP contribution in [-0.4, -0.2) is 49.5 Å². The number of alkyl halides is 3. The summed E-state index contributed by atoms with van der Waals surface area (Å²) in [5.74, 6) is 0.344. The van der Waals surface area contributed by atoms with Gasteiger partial charge in [-0.2, -0.15) is 23.4 Å². The number of piperidine rings is 1. The van der Waals surface area contributed by atoms with E-state index in [4.69, 9.17) is 0 Å². The maximum atomic E-state index is 13.6. The van der Waals surface area contributed by atoms with Crippen LogP contribution in [0.4, 0.5) is 19.0 Å². The highest BCUT2D eigenvalue weighted by atomic mass is 19.4. The number of amides is 1. The molecule has 164 valence electrons. The Morgan fingerprint density at radius 2 is 2.03 bits per heavy atom. The van der Waals surface area contributed by atoms with Crippen LogP contribution < -0.4 is 5.32 Å². The minimum Gasteiger partial charge on any atom is -0.368 e. The van der Waals surface area contributed by atoms with Crippen LogP contribution in [0.5, 0.6) is 0 Å². The smallest absolute Gasteiger partial charge is 0.368 e. The molecule has 0 bridgehead atoms. The molecule has 2 aromatic heterocycles. The summed E-state index contributed by atoms with van der Waals surface area (Å²) in [6.07, 6.45) is -2.05. The van der Waals surface area contributed by atoms with Crippen LogP contribution in [0.3, 0.4) is 0 Å². The van der Waals surface area contributed by atoms with Crippen LogP contribution in [-0.2, 0) is 0 Å². The maximum Gasteiger partial charge on any atom is 0.410 e. The minimum atomic E-state index is -4.38. The number of hydrogen-bond acceptors (Lipinski definition) is 4. The first-order chi connectivity index (χ1) is 14.1. The lowest BCUT2D eigenvalue weighted by Gasteiger charge is -2.34. The Kier molecular flexibility index (Phi) is 5.27. The van der Waals surface area contributed by atoms with Crippen molar-refractivity contribution in [3.8, 4) is 0 Å². The van der Waals surface area contributed by atoms with Crippen molar-refractivity contribution < 1.29 is 18.0 Å². The Morgan fingerprint density at radius 1 is 1.27 bits per heavy atom. The average molecular weight is 424 g/mol. The van der Waals surface area contributed by atoms with E-state index >= 15 is 0 Å². The van der Waals surface area contributed by atoms with E-state index < -0.39 is 12.2 Å². The fraction of sp³-hybridized carbons (Fsp3) is 0.650. The van der Waals surface area contributed by atoms with Crippen LogP contribution >= 0.6 is 0 Å². The van der Waals surface area contributed by atoms with Gasteiger partial charge in [0.15, 0.2) is 6.04 Å². The molecule has 0 radical (unpaired) electrons. The third kappa shape index (κ3) is 3.79. The van der Waals surface area contributed by atoms with Crippen LogP contribution in [0.15, 0.2) is 12.1 Å². The van der Waals surface area contributed by atoms with Gasteiger partial charge in [-0.1, -0.05) is 13.8 Å². The first-order valence-corrected chi connectivity index (χ1v) is 10.4. The summed E-state index contributed by atoms with van der Waals surface area (Å²) in [6, 6.07) is 1.07. The van der Waals surface area contributed by atoms with E-state index in [1.165, 1.54) is 0 Å². The van der Waals surface area contributed by atoms with Gasteiger partial charge in [0.05, 0.1) is 11.7 Å². The van der Waals surface area contributed by atoms with E-state index in [2.05, 4.69) is 20.6 Å². The number of anilines is 1. The van der Waals surface area contributed by atoms with Gasteiger partial charge >= 0.3 is 6.18 Å². The second-order valence-electron chi connectivity index (χ2n) is 8.61. The Balaban J connectivity index is 1.64. The van der Waals surface area contributed by atoms with Crippen LogP contribution in [0, 0.1) is 0 Å². The first-order valence-electron chi connectivity index (χ1n) is 10.4. The van der Waals surface area contributed by atoms with E-state index in [-0.39, 0.29) is 30.3 Å². The number of rotatable bonds is 3. The van der Waals surface area contributed by atoms with Crippen LogP contribution in [0.2, 0.25) is 0 Å². The molecule has 0 aromatic carbocycles. The van der Waals surface area contributed by atoms with Gasteiger partial charge in [0.25, 0.3) is 5.91 Å². The van der Waals surface area contributed by atoms with Gasteiger partial charge in [-0.25, -0.2) is 4.68 Å². The van der Waals surface area contributed by atoms with Crippen molar-refractivity contribution in [1.82, 2.24) is 24.9 Å². The van der Waals surface area contributed by atoms with Crippen molar-refractivity contribution >= 4 is 11.7 Å². The highest BCUT2D eigenvalue weighted by Crippen LogP contribution is 2.41. The summed E-state index contributed by atoms with van der Waals surface area (Å²) >= 11 is 0. The fourth-order valence-electron chi connectivity index (χ4n) is 4.31. The van der Waals surface area contributed by atoms with Crippen molar-refractivity contribution in [3.05, 3.63) is 29.2 Å². The summed E-state index contributed by atoms with van der Waals surface area (Å²) < 4.78 is 41.8. The third-order valence-electron chi connectivity index (χ3n) is 5.94. The van der Waals surface area contributed by atoms with Crippen molar-refractivity contribution in [2.45, 2.75) is 76.7 Å². The van der Waals surface area contributed by atoms with E-state index in [1.54, 1.807) is 24.0 Å². The van der Waals surface area contributed by atoms with Gasteiger partial charge in [0.2, 0.25) is 0 Å². The second-order valence-corrected chi connectivity index (χ2v) is 8.61. The average Bonchev–Trinajstić information content (AvgIpc) is 3.33. The molecule has 3 atom stereocenters. The topological polar surface area (TPSA) is 78.8 Å². The number of nitrogens with zero attached hydrogens (tertiary/aromatic N) is 4. The zero-order valence-corrected chi connectivity index (χ0v) is 17.3. The molecule has 4 rings (SSSR count). The lowest BCUT2D eigenvalue weighted by molar-refractivity contribution is -0.173. The maximum absolute atomic E-state index is 13.6. The normalized spacial score (nSPS) is 24.6. The summed E-state index contributed by atoms with van der Waals surface area (Å²) in [4.78, 5) is 14.8. The molecule has 2 N–H and O–H groups in total. The number of halogens is 3. The van der Waals surface area contributed by atoms with Crippen molar-refractivity contribution in [1.29, 1.82) is 0 Å². The number of aromatic amines is 1. The van der Waals surface area contributed by atoms with E-state index in [0.29, 0.717) is 30.2 Å². The SMILES string of the molecule is CC(C)c1cc(C(=O)N2CCCCC2c2cc3n(n2)[C@@H](C(F)(F)F)C[C@@H](C)N3)n[nH]1. The molecule has 2 aliphatic heterocycles. The Hall–Kier alpha value is -2.52. The van der Waals surface area contributed by atoms with Crippen molar-refractivity contribution in [2.75, 3.05) is 11.9 Å². The quantitative estimate of drug-likeness (QED) is 0.765. The van der Waals surface area contributed by atoms with Crippen molar-refractivity contribution in [2.24, 2.45) is 0 Å². The number of H-pyrrole nitrogens is 1. The van der Waals surface area contributed by atoms with Gasteiger partial charge in [0, 0.05) is 24.3 Å². The van der Waals surface area contributed by atoms with Gasteiger partial charge in [-0.3, -0.25) is 9.89 Å². The molecule has 1 unspecified atom stereocenters. The Labute approximate surface area is 173 Å². The lowest BCUT2D eigenvalue weighted by atomic mass is 9.98. The molecular weight excluding hydrogens is 397 g/mol. The fourth-order valence-corrected chi connectivity index (χ4v) is 4.31. The number of fused-ring (bicyclic) bond motifs is 1. The zero-order valence-electron chi connectivity index (χ0n) is 17.3. The molecule has 10 heteroatoms. The van der Waals surface area contributed by atoms with Crippen LogP contribution in [0.1, 0.15) is 86.3 Å². The molecule has 1 fully saturated rings. The zero-order chi connectivity index (χ0) is 21.6. The number of nitrogens with one attached hydrogen (secondary N) is 2. The third-order valence-corrected chi connectivity index (χ3v) is 5.94. The van der Waals surface area contributed by atoms with Gasteiger partial charge in [-0.15, -0.1) is 0 Å². The summed E-state index contributed by atoms with van der Waals surface area (Å²) in [5, 5.41) is 14.5. The number of carbonyl (C=O) groups excluding carboxylic acids is 1. The Bertz CT molecular complexity index is 918. The van der Waals surface area contributed by atoms with E-state index in [1.807, 2.05) is 13.8 Å². The molecular formula is C20H27F3N6O. The molecule has 0 saturated carbocycles. The molecule has 1 amide bonds. The van der Waals surface area contributed by atoms with Gasteiger partial charge < -0.3 is 10.2 Å². The highest BCUT2D eigenvalue weighted by molar-refractivity contribution is 5.92. The summed E-state index contributed by atoms with van der Waals surface area (Å²) in [6.45, 7) is 6.27. The largest absolute Gasteiger partial charge is 0.410 e. The molecule has 30 heavy (non-hydrogen) atoms. The predicted molar refractivity (Wildman–Crippen MR) is 105 cm³/mol. The van der Waals surface area contributed by atoms with E-state index in [9.17, 15) is 18.0 Å². The van der Waals surface area contributed by atoms with Gasteiger partial charge in [-0.05, 0) is 44.6 Å². The summed E-state index contributed by atoms with van der Waals surface area (Å²) in [7, 11) is 0. The minimum absolute atomic E-state index is 0.0732. The number of carbonyl (C=O) groups is 1. The number of aromatic nitrogens is 4. The Morgan fingerprint density at radius 3 is 2.70 bits per heavy atom. The second kappa shape index (κ2) is 7.63. The molecule has 4 heterocycles. The predicted octanol–water partition coefficient (Wildman–Crippen LogP) is 4.40. The first kappa shape index (κ1) is 20.7. The molecule has 0 spiro atoms. The lowest BCUT2D eigenvalue weighted by Crippen LogP contribution is -2.39. The van der Waals surface area contributed by atoms with Crippen LogP contribution in [0.25, 0.3) is 0 Å². The number of hydrogen-bond donors (Lipinski definition) is 2. The monoisotopic (exact) mass is 424 g/mol. The van der Waals surface area contributed by atoms with Crippen molar-refractivity contribution in [3.63, 3.8) is 0 Å². The van der Waals surface area contributed by atoms with E-state index in [0.717, 1.165) is 23.2 Å². The summed E-state index contributed by atoms with van der Waals surface area (Å²) in [5.41, 5.74) is 1.69. The molecule has 2 aliphatic rings.